The number of nitrogens with zero attached hydrogens (tertiary/aromatic N) is 2. The fourth-order valence-corrected chi connectivity index (χ4v) is 3.16. The molecule has 7 nitrogen and oxygen atoms in total. The first kappa shape index (κ1) is 20.0. The number of carbonyl (C=O) groups excluding carboxylic acids is 3. The number of hydrogen-bond acceptors (Lipinski definition) is 4. The molecule has 2 fully saturated rings. The van der Waals surface area contributed by atoms with Gasteiger partial charge < -0.3 is 19.9 Å². The molecule has 0 radical (unpaired) electrons. The number of nitrogens with one attached hydrogen (secondary N) is 1. The van der Waals surface area contributed by atoms with Gasteiger partial charge in [-0.3, -0.25) is 9.59 Å². The second-order valence-electron chi connectivity index (χ2n) is 6.67. The average molecular weight is 399 g/mol. The van der Waals surface area contributed by atoms with Crippen molar-refractivity contribution in [3.8, 4) is 0 Å². The molecule has 28 heavy (non-hydrogen) atoms. The van der Waals surface area contributed by atoms with Gasteiger partial charge in [-0.1, -0.05) is 0 Å². The molecule has 0 spiro atoms. The average Bonchev–Trinajstić information content (AvgIpc) is 3.49. The number of halogens is 3. The molecule has 1 N–H and O–H groups in total. The molecule has 0 aromatic heterocycles. The third-order valence-corrected chi connectivity index (χ3v) is 4.85. The van der Waals surface area contributed by atoms with Crippen LogP contribution >= 0.6 is 0 Å². The number of hydrogen-bond donors (Lipinski definition) is 1. The van der Waals surface area contributed by atoms with Crippen LogP contribution in [0.3, 0.4) is 0 Å². The molecule has 1 aliphatic heterocycles. The van der Waals surface area contributed by atoms with Crippen LogP contribution in [0.4, 0.5) is 23.7 Å². The number of rotatable bonds is 4. The Morgan fingerprint density at radius 2 is 1.68 bits per heavy atom. The van der Waals surface area contributed by atoms with E-state index in [0.717, 1.165) is 6.07 Å². The number of anilines is 1. The van der Waals surface area contributed by atoms with E-state index in [9.17, 15) is 27.6 Å². The third-order valence-electron chi connectivity index (χ3n) is 4.85. The van der Waals surface area contributed by atoms with Crippen LogP contribution in [0.25, 0.3) is 0 Å². The summed E-state index contributed by atoms with van der Waals surface area (Å²) in [6.07, 6.45) is -0.125. The molecule has 10 heteroatoms. The first-order valence-corrected chi connectivity index (χ1v) is 8.98. The Labute approximate surface area is 159 Å². The topological polar surface area (TPSA) is 79.0 Å². The Morgan fingerprint density at radius 1 is 1.04 bits per heavy atom. The van der Waals surface area contributed by atoms with Gasteiger partial charge in [0.1, 0.15) is 0 Å². The Bertz CT molecular complexity index is 797. The molecule has 152 valence electrons. The molecule has 1 heterocycles. The summed E-state index contributed by atoms with van der Waals surface area (Å²) in [6.45, 7) is 3.33. The largest absolute Gasteiger partial charge is 0.450 e. The summed E-state index contributed by atoms with van der Waals surface area (Å²) in [5, 5.41) is 2.20. The van der Waals surface area contributed by atoms with Gasteiger partial charge in [-0.15, -0.1) is 0 Å². The van der Waals surface area contributed by atoms with E-state index in [1.807, 2.05) is 0 Å². The van der Waals surface area contributed by atoms with Crippen molar-refractivity contribution in [3.63, 3.8) is 0 Å². The fourth-order valence-electron chi connectivity index (χ4n) is 3.16. The lowest BCUT2D eigenvalue weighted by Gasteiger charge is -2.34. The van der Waals surface area contributed by atoms with Crippen LogP contribution in [0.5, 0.6) is 0 Å². The number of piperazine rings is 1. The summed E-state index contributed by atoms with van der Waals surface area (Å²) in [7, 11) is 0. The summed E-state index contributed by atoms with van der Waals surface area (Å²) in [6, 6.07) is 1.64. The van der Waals surface area contributed by atoms with E-state index in [1.54, 1.807) is 11.8 Å². The van der Waals surface area contributed by atoms with Gasteiger partial charge in [-0.2, -0.15) is 0 Å². The second kappa shape index (κ2) is 8.07. The monoisotopic (exact) mass is 399 g/mol. The van der Waals surface area contributed by atoms with Gasteiger partial charge in [0.15, 0.2) is 17.5 Å². The van der Waals surface area contributed by atoms with Crippen LogP contribution in [-0.4, -0.2) is 60.5 Å². The smallest absolute Gasteiger partial charge is 0.409 e. The first-order chi connectivity index (χ1) is 13.3. The number of carbonyl (C=O) groups is 3. The van der Waals surface area contributed by atoms with Gasteiger partial charge in [0.25, 0.3) is 0 Å². The third kappa shape index (κ3) is 4.05. The molecule has 1 aliphatic carbocycles. The molecule has 1 aromatic carbocycles. The second-order valence-corrected chi connectivity index (χ2v) is 6.67. The van der Waals surface area contributed by atoms with E-state index in [0.29, 0.717) is 38.7 Å². The van der Waals surface area contributed by atoms with Gasteiger partial charge in [0, 0.05) is 26.2 Å². The van der Waals surface area contributed by atoms with Crippen LogP contribution in [0.15, 0.2) is 12.1 Å². The van der Waals surface area contributed by atoms with Crippen molar-refractivity contribution >= 4 is 23.6 Å². The van der Waals surface area contributed by atoms with Gasteiger partial charge in [0.2, 0.25) is 11.8 Å². The van der Waals surface area contributed by atoms with E-state index in [2.05, 4.69) is 5.32 Å². The van der Waals surface area contributed by atoms with E-state index in [1.165, 1.54) is 4.90 Å². The molecule has 0 bridgehead atoms. The highest BCUT2D eigenvalue weighted by Crippen LogP contribution is 2.41. The standard InChI is InChI=1S/C18H20F3N3O4/c1-2-28-18(27)24-7-5-23(6-8-24)17(26)11-9-10(11)16(25)22-13-4-3-12(19)14(20)15(13)21/h3-4,10-11H,2,5-9H2,1H3,(H,22,25). The van der Waals surface area contributed by atoms with E-state index in [4.69, 9.17) is 4.74 Å². The lowest BCUT2D eigenvalue weighted by atomic mass is 10.2. The summed E-state index contributed by atoms with van der Waals surface area (Å²) in [5.41, 5.74) is -0.468. The maximum atomic E-state index is 13.7. The van der Waals surface area contributed by atoms with Crippen molar-refractivity contribution in [1.82, 2.24) is 9.80 Å². The van der Waals surface area contributed by atoms with Crippen LogP contribution < -0.4 is 5.32 Å². The van der Waals surface area contributed by atoms with Gasteiger partial charge in [-0.25, -0.2) is 18.0 Å². The molecule has 2 atom stereocenters. The molecule has 3 amide bonds. The minimum atomic E-state index is -1.67. The highest BCUT2D eigenvalue weighted by atomic mass is 19.2. The zero-order valence-corrected chi connectivity index (χ0v) is 15.2. The van der Waals surface area contributed by atoms with Crippen molar-refractivity contribution < 1.29 is 32.3 Å². The minimum absolute atomic E-state index is 0.214. The van der Waals surface area contributed by atoms with Crippen LogP contribution in [0.1, 0.15) is 13.3 Å². The van der Waals surface area contributed by atoms with Crippen LogP contribution in [-0.2, 0) is 14.3 Å². The fraction of sp³-hybridized carbons (Fsp3) is 0.500. The molecule has 2 unspecified atom stereocenters. The van der Waals surface area contributed by atoms with E-state index >= 15 is 0 Å². The lowest BCUT2D eigenvalue weighted by molar-refractivity contribution is -0.135. The first-order valence-electron chi connectivity index (χ1n) is 8.98. The highest BCUT2D eigenvalue weighted by molar-refractivity contribution is 5.99. The van der Waals surface area contributed by atoms with E-state index in [-0.39, 0.29) is 12.5 Å². The molecular formula is C18H20F3N3O4. The van der Waals surface area contributed by atoms with Crippen molar-refractivity contribution in [1.29, 1.82) is 0 Å². The molecule has 3 rings (SSSR count). The number of ether oxygens (including phenoxy) is 1. The maximum Gasteiger partial charge on any atom is 0.409 e. The maximum absolute atomic E-state index is 13.7. The van der Waals surface area contributed by atoms with Crippen molar-refractivity contribution in [2.75, 3.05) is 38.1 Å². The molecule has 1 aromatic rings. The number of benzene rings is 1. The van der Waals surface area contributed by atoms with Crippen molar-refractivity contribution in [3.05, 3.63) is 29.6 Å². The Balaban J connectivity index is 1.51. The zero-order chi connectivity index (χ0) is 20.4. The minimum Gasteiger partial charge on any atom is -0.450 e. The summed E-state index contributed by atoms with van der Waals surface area (Å²) >= 11 is 0. The quantitative estimate of drug-likeness (QED) is 0.786. The van der Waals surface area contributed by atoms with Crippen LogP contribution in [0.2, 0.25) is 0 Å². The van der Waals surface area contributed by atoms with Gasteiger partial charge in [-0.05, 0) is 25.5 Å². The number of amides is 3. The predicted octanol–water partition coefficient (Wildman–Crippen LogP) is 1.98. The Morgan fingerprint density at radius 3 is 2.32 bits per heavy atom. The predicted molar refractivity (Wildman–Crippen MR) is 91.7 cm³/mol. The molecule has 1 saturated carbocycles. The highest BCUT2D eigenvalue weighted by Gasteiger charge is 2.50. The summed E-state index contributed by atoms with van der Waals surface area (Å²) < 4.78 is 44.8. The summed E-state index contributed by atoms with van der Waals surface area (Å²) in [5.74, 6) is -6.52. The summed E-state index contributed by atoms with van der Waals surface area (Å²) in [4.78, 5) is 39.5. The molecule has 2 aliphatic rings. The molecule has 1 saturated heterocycles. The van der Waals surface area contributed by atoms with Crippen molar-refractivity contribution in [2.24, 2.45) is 11.8 Å². The van der Waals surface area contributed by atoms with Crippen molar-refractivity contribution in [2.45, 2.75) is 13.3 Å². The zero-order valence-electron chi connectivity index (χ0n) is 15.2. The van der Waals surface area contributed by atoms with Gasteiger partial charge >= 0.3 is 6.09 Å². The van der Waals surface area contributed by atoms with Gasteiger partial charge in [0.05, 0.1) is 24.1 Å². The Hall–Kier alpha value is -2.78. The van der Waals surface area contributed by atoms with E-state index < -0.39 is 47.0 Å². The Kier molecular flexibility index (Phi) is 5.76. The lowest BCUT2D eigenvalue weighted by Crippen LogP contribution is -2.51. The SMILES string of the molecule is CCOC(=O)N1CCN(C(=O)C2CC2C(=O)Nc2ccc(F)c(F)c2F)CC1. The molecular weight excluding hydrogens is 379 g/mol. The normalized spacial score (nSPS) is 21.3. The van der Waals surface area contributed by atoms with Crippen LogP contribution in [0, 0.1) is 29.3 Å².